The standard InChI is InChI=1S/C23H23Cl2N3O6/c1-32-17-8-11(9-18(33-2)21(17)34-3)20(29)16-7-5-13-19(23(31)26-22(13)30)28(16)27-15-6-4-12(24)10-14(15)25/h4-10,13,16,19-20,27,29H,1-3H3,(H,26,30,31). The average molecular weight is 508 g/mol. The Morgan fingerprint density at radius 2 is 1.68 bits per heavy atom. The summed E-state index contributed by atoms with van der Waals surface area (Å²) < 4.78 is 16.2. The van der Waals surface area contributed by atoms with E-state index in [0.717, 1.165) is 0 Å². The number of amides is 2. The van der Waals surface area contributed by atoms with Crippen molar-refractivity contribution in [1.82, 2.24) is 10.3 Å². The molecule has 0 bridgehead atoms. The summed E-state index contributed by atoms with van der Waals surface area (Å²) in [6, 6.07) is 6.40. The third kappa shape index (κ3) is 4.27. The molecule has 4 rings (SSSR count). The fourth-order valence-corrected chi connectivity index (χ4v) is 4.63. The van der Waals surface area contributed by atoms with Crippen LogP contribution in [0.3, 0.4) is 0 Å². The average Bonchev–Trinajstić information content (AvgIpc) is 3.12. The second kappa shape index (κ2) is 9.71. The number of aliphatic hydroxyl groups is 1. The van der Waals surface area contributed by atoms with Gasteiger partial charge in [0.05, 0.1) is 44.0 Å². The number of rotatable bonds is 7. The van der Waals surface area contributed by atoms with Gasteiger partial charge in [0.25, 0.3) is 0 Å². The minimum atomic E-state index is -1.16. The van der Waals surface area contributed by atoms with Gasteiger partial charge in [-0.25, -0.2) is 5.01 Å². The topological polar surface area (TPSA) is 109 Å². The molecule has 9 nitrogen and oxygen atoms in total. The number of methoxy groups -OCH3 is 3. The van der Waals surface area contributed by atoms with Gasteiger partial charge in [0, 0.05) is 5.02 Å². The van der Waals surface area contributed by atoms with E-state index in [1.807, 2.05) is 0 Å². The molecule has 11 heteroatoms. The lowest BCUT2D eigenvalue weighted by Crippen LogP contribution is -2.55. The molecule has 3 N–H and O–H groups in total. The van der Waals surface area contributed by atoms with Crippen LogP contribution in [0.5, 0.6) is 17.2 Å². The summed E-state index contributed by atoms with van der Waals surface area (Å²) in [6.07, 6.45) is 2.13. The van der Waals surface area contributed by atoms with E-state index >= 15 is 0 Å². The first-order chi connectivity index (χ1) is 16.3. The van der Waals surface area contributed by atoms with Crippen LogP contribution in [0.15, 0.2) is 42.5 Å². The zero-order chi connectivity index (χ0) is 24.6. The highest BCUT2D eigenvalue weighted by Crippen LogP contribution is 2.42. The Morgan fingerprint density at radius 3 is 2.26 bits per heavy atom. The number of anilines is 1. The lowest BCUT2D eigenvalue weighted by Gasteiger charge is -2.41. The fourth-order valence-electron chi connectivity index (χ4n) is 4.18. The van der Waals surface area contributed by atoms with Gasteiger partial charge >= 0.3 is 0 Å². The van der Waals surface area contributed by atoms with Crippen molar-refractivity contribution in [3.8, 4) is 17.2 Å². The van der Waals surface area contributed by atoms with Crippen LogP contribution in [0, 0.1) is 5.92 Å². The van der Waals surface area contributed by atoms with Crippen molar-refractivity contribution in [2.45, 2.75) is 18.2 Å². The predicted octanol–water partition coefficient (Wildman–Crippen LogP) is 2.96. The van der Waals surface area contributed by atoms with E-state index < -0.39 is 35.9 Å². The molecule has 0 radical (unpaired) electrons. The molecule has 2 aromatic rings. The monoisotopic (exact) mass is 507 g/mol. The normalized spacial score (nSPS) is 22.7. The van der Waals surface area contributed by atoms with Gasteiger partial charge in [-0.3, -0.25) is 14.9 Å². The van der Waals surface area contributed by atoms with Crippen molar-refractivity contribution < 1.29 is 28.9 Å². The summed E-state index contributed by atoms with van der Waals surface area (Å²) in [5, 5.41) is 16.0. The summed E-state index contributed by atoms with van der Waals surface area (Å²) in [5.74, 6) is -0.524. The Kier molecular flexibility index (Phi) is 6.90. The number of benzene rings is 2. The van der Waals surface area contributed by atoms with E-state index in [0.29, 0.717) is 38.5 Å². The molecule has 0 spiro atoms. The molecule has 2 heterocycles. The molecule has 1 fully saturated rings. The number of fused-ring (bicyclic) bond motifs is 1. The number of halogens is 2. The van der Waals surface area contributed by atoms with E-state index in [9.17, 15) is 14.7 Å². The minimum absolute atomic E-state index is 0.310. The number of hydrogen-bond donors (Lipinski definition) is 3. The molecular formula is C23H23Cl2N3O6. The Hall–Kier alpha value is -2.98. The molecule has 2 amide bonds. The smallest absolute Gasteiger partial charge is 0.246 e. The first-order valence-corrected chi connectivity index (χ1v) is 11.1. The Labute approximate surface area is 206 Å². The van der Waals surface area contributed by atoms with E-state index in [1.54, 1.807) is 42.5 Å². The summed E-state index contributed by atoms with van der Waals surface area (Å²) >= 11 is 12.4. The number of nitrogens with one attached hydrogen (secondary N) is 2. The van der Waals surface area contributed by atoms with Crippen LogP contribution in [0.1, 0.15) is 11.7 Å². The molecular weight excluding hydrogens is 485 g/mol. The molecule has 180 valence electrons. The number of imide groups is 1. The number of ether oxygens (including phenoxy) is 3. The molecule has 2 aliphatic heterocycles. The Bertz CT molecular complexity index is 1130. The molecule has 0 aromatic heterocycles. The van der Waals surface area contributed by atoms with E-state index in [4.69, 9.17) is 37.4 Å². The number of carbonyl (C=O) groups excluding carboxylic acids is 2. The van der Waals surface area contributed by atoms with Crippen LogP contribution in [-0.2, 0) is 9.59 Å². The van der Waals surface area contributed by atoms with Crippen LogP contribution < -0.4 is 25.0 Å². The third-order valence-corrected chi connectivity index (χ3v) is 6.38. The third-order valence-electron chi connectivity index (χ3n) is 5.83. The van der Waals surface area contributed by atoms with Gasteiger partial charge in [-0.2, -0.15) is 0 Å². The van der Waals surface area contributed by atoms with Crippen LogP contribution in [0.25, 0.3) is 0 Å². The molecule has 2 aromatic carbocycles. The van der Waals surface area contributed by atoms with Gasteiger partial charge in [-0.05, 0) is 35.9 Å². The van der Waals surface area contributed by atoms with Crippen molar-refractivity contribution >= 4 is 40.7 Å². The maximum atomic E-state index is 12.7. The number of hydrogen-bond acceptors (Lipinski definition) is 8. The van der Waals surface area contributed by atoms with Gasteiger partial charge in [-0.15, -0.1) is 0 Å². The van der Waals surface area contributed by atoms with Crippen molar-refractivity contribution in [3.63, 3.8) is 0 Å². The van der Waals surface area contributed by atoms with E-state index in [-0.39, 0.29) is 0 Å². The summed E-state index contributed by atoms with van der Waals surface area (Å²) in [7, 11) is 4.44. The first-order valence-electron chi connectivity index (χ1n) is 10.3. The van der Waals surface area contributed by atoms with Crippen molar-refractivity contribution in [2.24, 2.45) is 5.92 Å². The summed E-state index contributed by atoms with van der Waals surface area (Å²) in [4.78, 5) is 25.0. The largest absolute Gasteiger partial charge is 0.493 e. The molecule has 2 aliphatic rings. The number of carbonyl (C=O) groups is 2. The number of hydrazine groups is 1. The van der Waals surface area contributed by atoms with Gasteiger partial charge in [0.1, 0.15) is 12.1 Å². The highest BCUT2D eigenvalue weighted by Gasteiger charge is 2.49. The minimum Gasteiger partial charge on any atom is -0.493 e. The Balaban J connectivity index is 1.76. The van der Waals surface area contributed by atoms with Crippen LogP contribution in [-0.4, -0.2) is 55.3 Å². The maximum absolute atomic E-state index is 12.7. The molecule has 34 heavy (non-hydrogen) atoms. The SMILES string of the molecule is COc1cc(C(O)C2C=CC3C(=O)NC(=O)C3N2Nc2ccc(Cl)cc2Cl)cc(OC)c1OC. The molecule has 1 saturated heterocycles. The molecule has 4 atom stereocenters. The van der Waals surface area contributed by atoms with Gasteiger partial charge in [0.15, 0.2) is 11.5 Å². The van der Waals surface area contributed by atoms with Gasteiger partial charge in [0.2, 0.25) is 17.6 Å². The second-order valence-electron chi connectivity index (χ2n) is 7.75. The molecule has 0 aliphatic carbocycles. The zero-order valence-corrected chi connectivity index (χ0v) is 20.1. The Morgan fingerprint density at radius 1 is 1.00 bits per heavy atom. The predicted molar refractivity (Wildman–Crippen MR) is 126 cm³/mol. The zero-order valence-electron chi connectivity index (χ0n) is 18.5. The van der Waals surface area contributed by atoms with Crippen LogP contribution in [0.2, 0.25) is 10.0 Å². The first kappa shape index (κ1) is 24.2. The summed E-state index contributed by atoms with van der Waals surface area (Å²) in [5.41, 5.74) is 4.01. The number of nitrogens with zero attached hydrogens (tertiary/aromatic N) is 1. The van der Waals surface area contributed by atoms with Crippen molar-refractivity contribution in [3.05, 3.63) is 58.1 Å². The van der Waals surface area contributed by atoms with E-state index in [2.05, 4.69) is 10.7 Å². The molecule has 0 saturated carbocycles. The second-order valence-corrected chi connectivity index (χ2v) is 8.59. The lowest BCUT2D eigenvalue weighted by molar-refractivity contribution is -0.126. The van der Waals surface area contributed by atoms with Crippen molar-refractivity contribution in [2.75, 3.05) is 26.8 Å². The number of aliphatic hydroxyl groups excluding tert-OH is 1. The summed E-state index contributed by atoms with van der Waals surface area (Å²) in [6.45, 7) is 0. The van der Waals surface area contributed by atoms with Gasteiger partial charge < -0.3 is 24.7 Å². The van der Waals surface area contributed by atoms with Crippen LogP contribution >= 0.6 is 23.2 Å². The fraction of sp³-hybridized carbons (Fsp3) is 0.304. The van der Waals surface area contributed by atoms with Gasteiger partial charge in [-0.1, -0.05) is 35.4 Å². The van der Waals surface area contributed by atoms with E-state index in [1.165, 1.54) is 26.3 Å². The lowest BCUT2D eigenvalue weighted by atomic mass is 9.90. The quantitative estimate of drug-likeness (QED) is 0.387. The van der Waals surface area contributed by atoms with Crippen LogP contribution in [0.4, 0.5) is 5.69 Å². The highest BCUT2D eigenvalue weighted by molar-refractivity contribution is 6.36. The highest BCUT2D eigenvalue weighted by atomic mass is 35.5. The van der Waals surface area contributed by atoms with Crippen molar-refractivity contribution in [1.29, 1.82) is 0 Å². The molecule has 4 unspecified atom stereocenters. The maximum Gasteiger partial charge on any atom is 0.246 e.